The predicted octanol–water partition coefficient (Wildman–Crippen LogP) is 5.17. The van der Waals surface area contributed by atoms with E-state index >= 15 is 0 Å². The van der Waals surface area contributed by atoms with Crippen LogP contribution >= 0.6 is 0 Å². The van der Waals surface area contributed by atoms with E-state index in [2.05, 4.69) is 60.4 Å². The second kappa shape index (κ2) is 14.4. The van der Waals surface area contributed by atoms with Gasteiger partial charge < -0.3 is 19.9 Å². The molecule has 6 nitrogen and oxygen atoms in total. The van der Waals surface area contributed by atoms with Crippen molar-refractivity contribution in [2.24, 2.45) is 5.92 Å². The van der Waals surface area contributed by atoms with Crippen LogP contribution in [-0.2, 0) is 20.9 Å². The van der Waals surface area contributed by atoms with E-state index in [4.69, 9.17) is 0 Å². The minimum atomic E-state index is -0.559. The maximum Gasteiger partial charge on any atom is 0.255 e. The Balaban J connectivity index is 0.000000239. The molecule has 2 aliphatic heterocycles. The van der Waals surface area contributed by atoms with Crippen LogP contribution in [-0.4, -0.2) is 60.1 Å². The third kappa shape index (κ3) is 7.21. The van der Waals surface area contributed by atoms with Crippen molar-refractivity contribution in [2.45, 2.75) is 52.2 Å². The lowest BCUT2D eigenvalue weighted by Crippen LogP contribution is -2.53. The van der Waals surface area contributed by atoms with Gasteiger partial charge in [-0.05, 0) is 55.0 Å². The monoisotopic (exact) mass is 527 g/mol. The summed E-state index contributed by atoms with van der Waals surface area (Å²) >= 11 is 0. The fourth-order valence-corrected chi connectivity index (χ4v) is 5.22. The highest BCUT2D eigenvalue weighted by molar-refractivity contribution is 6.03. The molecule has 0 saturated carbocycles. The van der Waals surface area contributed by atoms with Crippen molar-refractivity contribution in [3.63, 3.8) is 0 Å². The molecule has 206 valence electrons. The van der Waals surface area contributed by atoms with Gasteiger partial charge in [-0.15, -0.1) is 0 Å². The van der Waals surface area contributed by atoms with E-state index in [9.17, 15) is 14.4 Å². The van der Waals surface area contributed by atoms with E-state index < -0.39 is 6.04 Å². The molecule has 0 spiro atoms. The normalized spacial score (nSPS) is 18.0. The number of amides is 2. The molecule has 1 fully saturated rings. The second-order valence-corrected chi connectivity index (χ2v) is 10.2. The Hall–Kier alpha value is -3.77. The number of aldehydes is 1. The van der Waals surface area contributed by atoms with Crippen LogP contribution in [0.3, 0.4) is 0 Å². The first-order chi connectivity index (χ1) is 18.9. The number of nitrogens with zero attached hydrogens (tertiary/aromatic N) is 2. The van der Waals surface area contributed by atoms with Gasteiger partial charge in [-0.25, -0.2) is 0 Å². The first kappa shape index (κ1) is 29.8. The zero-order valence-electron chi connectivity index (χ0n) is 23.6. The van der Waals surface area contributed by atoms with Gasteiger partial charge in [-0.2, -0.15) is 0 Å². The molecule has 4 rings (SSSR count). The Morgan fingerprint density at radius 1 is 1.10 bits per heavy atom. The number of carbonyl (C=O) groups is 3. The number of nitrogens with one attached hydrogen (secondary N) is 1. The van der Waals surface area contributed by atoms with Gasteiger partial charge in [0.25, 0.3) is 5.91 Å². The van der Waals surface area contributed by atoms with Crippen LogP contribution in [0.15, 0.2) is 90.6 Å². The highest BCUT2D eigenvalue weighted by Gasteiger charge is 2.42. The molecule has 1 saturated heterocycles. The Morgan fingerprint density at radius 3 is 2.33 bits per heavy atom. The first-order valence-electron chi connectivity index (χ1n) is 13.7. The lowest BCUT2D eigenvalue weighted by molar-refractivity contribution is -0.146. The summed E-state index contributed by atoms with van der Waals surface area (Å²) in [4.78, 5) is 40.3. The standard InChI is InChI=1S/C19H26N2O3.C14H15N/c1-5-8-14-11-21(18(23)16(14)6-2)17(13(3)4)19(24)20-10-7-9-15(20)12-22;1-15-11-12-7-9-14(10-8-12)13-5-3-2-4-6-13/h5-6,8,12-13,15,17H,2,7,9-11H2,1,3-4H3;2-10,15H,11H2,1H3/b8-5-;. The third-order valence-electron chi connectivity index (χ3n) is 7.15. The highest BCUT2D eigenvalue weighted by atomic mass is 16.2. The summed E-state index contributed by atoms with van der Waals surface area (Å²) in [6, 6.07) is 18.2. The lowest BCUT2D eigenvalue weighted by atomic mass is 10.0. The van der Waals surface area contributed by atoms with Crippen LogP contribution in [0.4, 0.5) is 0 Å². The quantitative estimate of drug-likeness (QED) is 0.457. The summed E-state index contributed by atoms with van der Waals surface area (Å²) < 4.78 is 0. The second-order valence-electron chi connectivity index (χ2n) is 10.2. The van der Waals surface area contributed by atoms with Crippen molar-refractivity contribution in [3.8, 4) is 11.1 Å². The van der Waals surface area contributed by atoms with Crippen molar-refractivity contribution in [2.75, 3.05) is 20.1 Å². The molecule has 2 amide bonds. The van der Waals surface area contributed by atoms with Crippen molar-refractivity contribution >= 4 is 18.1 Å². The van der Waals surface area contributed by atoms with Crippen molar-refractivity contribution in [1.82, 2.24) is 15.1 Å². The van der Waals surface area contributed by atoms with Gasteiger partial charge >= 0.3 is 0 Å². The number of hydrogen-bond acceptors (Lipinski definition) is 4. The molecular weight excluding hydrogens is 486 g/mol. The van der Waals surface area contributed by atoms with E-state index in [-0.39, 0.29) is 23.8 Å². The van der Waals surface area contributed by atoms with E-state index in [0.29, 0.717) is 25.1 Å². The molecule has 1 N–H and O–H groups in total. The molecule has 2 unspecified atom stereocenters. The molecule has 2 aliphatic rings. The minimum absolute atomic E-state index is 0.0367. The van der Waals surface area contributed by atoms with E-state index in [1.165, 1.54) is 16.7 Å². The molecule has 0 aromatic heterocycles. The number of likely N-dealkylation sites (tertiary alicyclic amines) is 1. The maximum atomic E-state index is 13.1. The zero-order valence-corrected chi connectivity index (χ0v) is 23.6. The molecule has 2 atom stereocenters. The molecule has 2 aromatic carbocycles. The first-order valence-corrected chi connectivity index (χ1v) is 13.7. The summed E-state index contributed by atoms with van der Waals surface area (Å²) in [6.07, 6.45) is 7.70. The summed E-state index contributed by atoms with van der Waals surface area (Å²) in [5.41, 5.74) is 5.30. The van der Waals surface area contributed by atoms with Gasteiger partial charge in [0.15, 0.2) is 0 Å². The molecule has 6 heteroatoms. The molecule has 0 bridgehead atoms. The van der Waals surface area contributed by atoms with Crippen LogP contribution in [0.2, 0.25) is 0 Å². The third-order valence-corrected chi connectivity index (χ3v) is 7.15. The topological polar surface area (TPSA) is 69.7 Å². The van der Waals surface area contributed by atoms with Gasteiger partial charge in [0.2, 0.25) is 5.91 Å². The fraction of sp³-hybridized carbons (Fsp3) is 0.364. The van der Waals surface area contributed by atoms with Gasteiger partial charge in [0, 0.05) is 25.2 Å². The minimum Gasteiger partial charge on any atom is -0.331 e. The molecule has 2 aromatic rings. The fourth-order valence-electron chi connectivity index (χ4n) is 5.22. The Kier molecular flexibility index (Phi) is 11.0. The summed E-state index contributed by atoms with van der Waals surface area (Å²) in [5.74, 6) is -0.324. The largest absolute Gasteiger partial charge is 0.331 e. The highest BCUT2D eigenvalue weighted by Crippen LogP contribution is 2.29. The average Bonchev–Trinajstić information content (AvgIpc) is 3.54. The van der Waals surface area contributed by atoms with E-state index in [0.717, 1.165) is 24.8 Å². The van der Waals surface area contributed by atoms with Gasteiger partial charge in [-0.1, -0.05) is 93.3 Å². The van der Waals surface area contributed by atoms with Crippen molar-refractivity contribution in [3.05, 3.63) is 96.1 Å². The molecule has 0 aliphatic carbocycles. The van der Waals surface area contributed by atoms with E-state index in [1.807, 2.05) is 46.0 Å². The zero-order chi connectivity index (χ0) is 28.4. The van der Waals surface area contributed by atoms with Gasteiger partial charge in [-0.3, -0.25) is 9.59 Å². The number of hydrogen-bond donors (Lipinski definition) is 1. The van der Waals surface area contributed by atoms with Crippen LogP contribution in [0.25, 0.3) is 11.1 Å². The summed E-state index contributed by atoms with van der Waals surface area (Å²) in [5, 5.41) is 3.14. The molecule has 2 heterocycles. The van der Waals surface area contributed by atoms with E-state index in [1.54, 1.807) is 15.9 Å². The molecule has 39 heavy (non-hydrogen) atoms. The average molecular weight is 528 g/mol. The van der Waals surface area contributed by atoms with Crippen LogP contribution < -0.4 is 5.32 Å². The van der Waals surface area contributed by atoms with Crippen molar-refractivity contribution in [1.29, 1.82) is 0 Å². The van der Waals surface area contributed by atoms with Crippen LogP contribution in [0.1, 0.15) is 39.2 Å². The van der Waals surface area contributed by atoms with Crippen LogP contribution in [0.5, 0.6) is 0 Å². The number of rotatable bonds is 9. The molecular formula is C33H41N3O3. The lowest BCUT2D eigenvalue weighted by Gasteiger charge is -2.34. The SMILES string of the molecule is C=CC1=C(/C=C\C)CN(C(C(=O)N2CCCC2C=O)C(C)C)C1=O.CNCc1ccc(-c2ccccc2)cc1. The van der Waals surface area contributed by atoms with Gasteiger partial charge in [0.05, 0.1) is 6.04 Å². The number of benzene rings is 2. The predicted molar refractivity (Wildman–Crippen MR) is 158 cm³/mol. The Morgan fingerprint density at radius 2 is 1.77 bits per heavy atom. The smallest absolute Gasteiger partial charge is 0.255 e. The summed E-state index contributed by atoms with van der Waals surface area (Å²) in [6.45, 7) is 11.4. The van der Waals surface area contributed by atoms with Crippen molar-refractivity contribution < 1.29 is 14.4 Å². The Bertz CT molecular complexity index is 1200. The Labute approximate surface area is 233 Å². The number of carbonyl (C=O) groups excluding carboxylic acids is 3. The number of allylic oxidation sites excluding steroid dienone is 1. The maximum absolute atomic E-state index is 13.1. The van der Waals surface area contributed by atoms with Crippen LogP contribution in [0, 0.1) is 5.92 Å². The summed E-state index contributed by atoms with van der Waals surface area (Å²) in [7, 11) is 1.96. The van der Waals surface area contributed by atoms with Gasteiger partial charge in [0.1, 0.15) is 12.3 Å². The molecule has 0 radical (unpaired) electrons.